The highest BCUT2D eigenvalue weighted by molar-refractivity contribution is 7.91. The number of rotatable bonds is 8. The summed E-state index contributed by atoms with van der Waals surface area (Å²) < 4.78 is 23.3. The highest BCUT2D eigenvalue weighted by atomic mass is 32.2. The molecule has 0 atom stereocenters. The normalized spacial score (nSPS) is 11.4. The van der Waals surface area contributed by atoms with Crippen LogP contribution in [0.1, 0.15) is 27.2 Å². The van der Waals surface area contributed by atoms with Gasteiger partial charge in [0.05, 0.1) is 10.6 Å². The van der Waals surface area contributed by atoms with Crippen molar-refractivity contribution in [2.75, 3.05) is 24.2 Å². The van der Waals surface area contributed by atoms with E-state index < -0.39 is 9.84 Å². The van der Waals surface area contributed by atoms with Crippen molar-refractivity contribution in [2.24, 2.45) is 5.92 Å². The average Bonchev–Trinajstić information content (AvgIpc) is 2.45. The standard InChI is InChI=1S/C15H24N2O3S/c1-4-21(19,20)14-7-5-13(6-8-14)16-10-9-15(18)17-11-12(2)3/h5-8,12,16H,4,9-11H2,1-3H3,(H,17,18). The van der Waals surface area contributed by atoms with Crippen LogP contribution in [0.25, 0.3) is 0 Å². The number of carbonyl (C=O) groups excluding carboxylic acids is 1. The van der Waals surface area contributed by atoms with Crippen LogP contribution in [-0.4, -0.2) is 33.2 Å². The number of hydrogen-bond donors (Lipinski definition) is 2. The fraction of sp³-hybridized carbons (Fsp3) is 0.533. The van der Waals surface area contributed by atoms with Crippen LogP contribution < -0.4 is 10.6 Å². The molecule has 1 aromatic rings. The first-order valence-corrected chi connectivity index (χ1v) is 8.83. The van der Waals surface area contributed by atoms with Gasteiger partial charge >= 0.3 is 0 Å². The summed E-state index contributed by atoms with van der Waals surface area (Å²) in [7, 11) is -3.16. The average molecular weight is 312 g/mol. The van der Waals surface area contributed by atoms with Gasteiger partial charge in [-0.05, 0) is 30.2 Å². The zero-order valence-electron chi connectivity index (χ0n) is 12.8. The van der Waals surface area contributed by atoms with Gasteiger partial charge in [0.15, 0.2) is 9.84 Å². The summed E-state index contributed by atoms with van der Waals surface area (Å²) >= 11 is 0. The van der Waals surface area contributed by atoms with Crippen LogP contribution >= 0.6 is 0 Å². The minimum atomic E-state index is -3.16. The van der Waals surface area contributed by atoms with Crippen molar-refractivity contribution in [3.63, 3.8) is 0 Å². The first kappa shape index (κ1) is 17.5. The van der Waals surface area contributed by atoms with Gasteiger partial charge in [-0.1, -0.05) is 20.8 Å². The Morgan fingerprint density at radius 3 is 2.33 bits per heavy atom. The number of hydrogen-bond acceptors (Lipinski definition) is 4. The molecule has 1 aromatic carbocycles. The summed E-state index contributed by atoms with van der Waals surface area (Å²) in [5.74, 6) is 0.548. The van der Waals surface area contributed by atoms with E-state index >= 15 is 0 Å². The monoisotopic (exact) mass is 312 g/mol. The second-order valence-corrected chi connectivity index (χ2v) is 7.58. The Bertz CT molecular complexity index is 551. The lowest BCUT2D eigenvalue weighted by molar-refractivity contribution is -0.120. The number of carbonyl (C=O) groups is 1. The van der Waals surface area contributed by atoms with Crippen molar-refractivity contribution < 1.29 is 13.2 Å². The highest BCUT2D eigenvalue weighted by Crippen LogP contribution is 2.15. The molecule has 0 fully saturated rings. The Morgan fingerprint density at radius 2 is 1.81 bits per heavy atom. The lowest BCUT2D eigenvalue weighted by Crippen LogP contribution is -2.28. The van der Waals surface area contributed by atoms with Crippen LogP contribution in [0.2, 0.25) is 0 Å². The van der Waals surface area contributed by atoms with E-state index in [0.717, 1.165) is 5.69 Å². The highest BCUT2D eigenvalue weighted by Gasteiger charge is 2.10. The number of amides is 1. The van der Waals surface area contributed by atoms with E-state index in [9.17, 15) is 13.2 Å². The molecule has 1 amide bonds. The molecule has 1 rings (SSSR count). The molecule has 5 nitrogen and oxygen atoms in total. The molecule has 0 bridgehead atoms. The summed E-state index contributed by atoms with van der Waals surface area (Å²) in [6, 6.07) is 6.60. The second-order valence-electron chi connectivity index (χ2n) is 5.30. The molecule has 0 radical (unpaired) electrons. The molecule has 0 spiro atoms. The fourth-order valence-electron chi connectivity index (χ4n) is 1.67. The van der Waals surface area contributed by atoms with Crippen LogP contribution in [0.15, 0.2) is 29.2 Å². The summed E-state index contributed by atoms with van der Waals surface area (Å²) in [4.78, 5) is 11.9. The molecule has 118 valence electrons. The Morgan fingerprint density at radius 1 is 1.19 bits per heavy atom. The van der Waals surface area contributed by atoms with Crippen molar-refractivity contribution in [1.82, 2.24) is 5.32 Å². The minimum Gasteiger partial charge on any atom is -0.385 e. The van der Waals surface area contributed by atoms with Gasteiger partial charge in [-0.25, -0.2) is 8.42 Å². The van der Waals surface area contributed by atoms with E-state index in [0.29, 0.717) is 30.3 Å². The lowest BCUT2D eigenvalue weighted by Gasteiger charge is -2.09. The van der Waals surface area contributed by atoms with E-state index in [1.165, 1.54) is 0 Å². The fourth-order valence-corrected chi connectivity index (χ4v) is 2.56. The van der Waals surface area contributed by atoms with Crippen LogP contribution in [0.5, 0.6) is 0 Å². The first-order chi connectivity index (χ1) is 9.85. The quantitative estimate of drug-likeness (QED) is 0.770. The molecule has 21 heavy (non-hydrogen) atoms. The summed E-state index contributed by atoms with van der Waals surface area (Å²) in [5, 5.41) is 5.95. The van der Waals surface area contributed by atoms with Crippen LogP contribution in [0, 0.1) is 5.92 Å². The Balaban J connectivity index is 2.42. The van der Waals surface area contributed by atoms with E-state index in [1.807, 2.05) is 13.8 Å². The number of benzene rings is 1. The predicted molar refractivity (Wildman–Crippen MR) is 85.1 cm³/mol. The van der Waals surface area contributed by atoms with E-state index in [-0.39, 0.29) is 11.7 Å². The minimum absolute atomic E-state index is 0.0152. The number of nitrogens with one attached hydrogen (secondary N) is 2. The van der Waals surface area contributed by atoms with Gasteiger partial charge in [0, 0.05) is 25.2 Å². The maximum atomic E-state index is 11.7. The molecule has 0 heterocycles. The molecule has 0 aromatic heterocycles. The first-order valence-electron chi connectivity index (χ1n) is 7.18. The van der Waals surface area contributed by atoms with E-state index in [1.54, 1.807) is 31.2 Å². The van der Waals surface area contributed by atoms with Gasteiger partial charge in [-0.2, -0.15) is 0 Å². The molecule has 0 saturated carbocycles. The molecular weight excluding hydrogens is 288 g/mol. The summed E-state index contributed by atoms with van der Waals surface area (Å²) in [6.07, 6.45) is 0.391. The Labute approximate surface area is 127 Å². The van der Waals surface area contributed by atoms with Gasteiger partial charge < -0.3 is 10.6 Å². The van der Waals surface area contributed by atoms with Crippen LogP contribution in [0.4, 0.5) is 5.69 Å². The molecule has 0 aliphatic carbocycles. The molecule has 0 saturated heterocycles. The third-order valence-electron chi connectivity index (χ3n) is 2.98. The maximum absolute atomic E-state index is 11.7. The van der Waals surface area contributed by atoms with Gasteiger partial charge in [0.25, 0.3) is 0 Å². The summed E-state index contributed by atoms with van der Waals surface area (Å²) in [5.41, 5.74) is 0.807. The predicted octanol–water partition coefficient (Wildman–Crippen LogP) is 2.05. The second kappa shape index (κ2) is 8.02. The molecule has 0 aliphatic rings. The van der Waals surface area contributed by atoms with Crippen molar-refractivity contribution in [3.8, 4) is 0 Å². The lowest BCUT2D eigenvalue weighted by atomic mass is 10.2. The molecular formula is C15H24N2O3S. The Hall–Kier alpha value is -1.56. The summed E-state index contributed by atoms with van der Waals surface area (Å²) in [6.45, 7) is 6.92. The molecule has 6 heteroatoms. The molecule has 2 N–H and O–H groups in total. The van der Waals surface area contributed by atoms with Crippen molar-refractivity contribution in [3.05, 3.63) is 24.3 Å². The topological polar surface area (TPSA) is 75.3 Å². The van der Waals surface area contributed by atoms with E-state index in [2.05, 4.69) is 10.6 Å². The number of sulfone groups is 1. The van der Waals surface area contributed by atoms with Gasteiger partial charge in [0.1, 0.15) is 0 Å². The third-order valence-corrected chi connectivity index (χ3v) is 4.73. The smallest absolute Gasteiger partial charge is 0.221 e. The zero-order chi connectivity index (χ0) is 15.9. The van der Waals surface area contributed by atoms with Crippen molar-refractivity contribution in [1.29, 1.82) is 0 Å². The van der Waals surface area contributed by atoms with E-state index in [4.69, 9.17) is 0 Å². The van der Waals surface area contributed by atoms with Crippen molar-refractivity contribution >= 4 is 21.4 Å². The van der Waals surface area contributed by atoms with Crippen LogP contribution in [-0.2, 0) is 14.6 Å². The zero-order valence-corrected chi connectivity index (χ0v) is 13.7. The van der Waals surface area contributed by atoms with Gasteiger partial charge in [-0.15, -0.1) is 0 Å². The SMILES string of the molecule is CCS(=O)(=O)c1ccc(NCCC(=O)NCC(C)C)cc1. The van der Waals surface area contributed by atoms with Gasteiger partial charge in [-0.3, -0.25) is 4.79 Å². The number of anilines is 1. The largest absolute Gasteiger partial charge is 0.385 e. The Kier molecular flexibility index (Phi) is 6.68. The van der Waals surface area contributed by atoms with Gasteiger partial charge in [0.2, 0.25) is 5.91 Å². The van der Waals surface area contributed by atoms with Crippen LogP contribution in [0.3, 0.4) is 0 Å². The third kappa shape index (κ3) is 6.16. The molecule has 0 unspecified atom stereocenters. The van der Waals surface area contributed by atoms with Crippen molar-refractivity contribution in [2.45, 2.75) is 32.1 Å². The maximum Gasteiger partial charge on any atom is 0.221 e. The molecule has 0 aliphatic heterocycles.